The topological polar surface area (TPSA) is 79.2 Å². The average molecular weight is 382 g/mol. The van der Waals surface area contributed by atoms with Crippen LogP contribution in [0.2, 0.25) is 0 Å². The van der Waals surface area contributed by atoms with Crippen LogP contribution in [0.5, 0.6) is 0 Å². The molecule has 1 aromatic carbocycles. The van der Waals surface area contributed by atoms with Gasteiger partial charge in [-0.25, -0.2) is 4.79 Å². The van der Waals surface area contributed by atoms with E-state index in [1.54, 1.807) is 0 Å². The normalized spacial score (nSPS) is 13.5. The highest BCUT2D eigenvalue weighted by Crippen LogP contribution is 2.24. The number of rotatable bonds is 15. The van der Waals surface area contributed by atoms with Crippen molar-refractivity contribution in [1.82, 2.24) is 4.90 Å². The summed E-state index contributed by atoms with van der Waals surface area (Å²) in [6.07, 6.45) is 1.95. The van der Waals surface area contributed by atoms with Crippen molar-refractivity contribution >= 4 is 6.16 Å². The molecule has 1 rings (SSSR count). The quantitative estimate of drug-likeness (QED) is 0.356. The van der Waals surface area contributed by atoms with Crippen molar-refractivity contribution < 1.29 is 24.5 Å². The molecule has 0 bridgehead atoms. The van der Waals surface area contributed by atoms with Gasteiger partial charge >= 0.3 is 6.16 Å². The molecule has 0 fully saturated rings. The molecule has 0 aliphatic rings. The van der Waals surface area contributed by atoms with E-state index in [1.165, 1.54) is 0 Å². The maximum absolute atomic E-state index is 10.7. The van der Waals surface area contributed by atoms with Crippen LogP contribution in [0.15, 0.2) is 30.3 Å². The number of ether oxygens (including phenoxy) is 2. The number of aliphatic hydroxyl groups excluding tert-OH is 1. The van der Waals surface area contributed by atoms with Crippen LogP contribution in [-0.4, -0.2) is 60.2 Å². The van der Waals surface area contributed by atoms with E-state index in [2.05, 4.69) is 18.7 Å². The molecule has 2 unspecified atom stereocenters. The molecular weight excluding hydrogens is 346 g/mol. The van der Waals surface area contributed by atoms with E-state index >= 15 is 0 Å². The Bertz CT molecular complexity index is 493. The van der Waals surface area contributed by atoms with Gasteiger partial charge in [0, 0.05) is 19.3 Å². The van der Waals surface area contributed by atoms with Crippen LogP contribution in [-0.2, 0) is 16.1 Å². The van der Waals surface area contributed by atoms with Crippen LogP contribution in [0.4, 0.5) is 4.79 Å². The summed E-state index contributed by atoms with van der Waals surface area (Å²) in [6.45, 7) is 7.59. The smallest absolute Gasteiger partial charge is 0.450 e. The number of carbonyl (C=O) groups is 1. The summed E-state index contributed by atoms with van der Waals surface area (Å²) < 4.78 is 10.5. The molecule has 2 N–H and O–H groups in total. The van der Waals surface area contributed by atoms with Gasteiger partial charge in [0.05, 0.1) is 13.2 Å². The lowest BCUT2D eigenvalue weighted by Crippen LogP contribution is -2.42. The standard InChI is InChI=1S/C21H35NO5/c1-3-22(4-2)20(13-16-27-21(24)25)19(12-14-23)11-8-15-26-17-18-9-6-5-7-10-18/h5-7,9-10,19-20,23H,3-4,8,11-17H2,1-2H3,(H,24,25). The highest BCUT2D eigenvalue weighted by molar-refractivity contribution is 5.56. The molecule has 0 aliphatic carbocycles. The van der Waals surface area contributed by atoms with Crippen molar-refractivity contribution in [2.45, 2.75) is 52.2 Å². The second-order valence-electron chi connectivity index (χ2n) is 6.64. The number of hydrogen-bond donors (Lipinski definition) is 2. The first-order chi connectivity index (χ1) is 13.1. The molecule has 0 saturated carbocycles. The summed E-state index contributed by atoms with van der Waals surface area (Å²) in [5, 5.41) is 18.2. The van der Waals surface area contributed by atoms with Gasteiger partial charge in [0.2, 0.25) is 0 Å². The predicted molar refractivity (Wildman–Crippen MR) is 106 cm³/mol. The number of hydrogen-bond acceptors (Lipinski definition) is 5. The van der Waals surface area contributed by atoms with Gasteiger partial charge in [-0.15, -0.1) is 0 Å². The Hall–Kier alpha value is -1.63. The molecule has 154 valence electrons. The maximum atomic E-state index is 10.7. The number of benzene rings is 1. The Balaban J connectivity index is 2.51. The van der Waals surface area contributed by atoms with E-state index in [0.717, 1.165) is 31.5 Å². The van der Waals surface area contributed by atoms with Gasteiger partial charge in [0.1, 0.15) is 0 Å². The highest BCUT2D eigenvalue weighted by atomic mass is 16.7. The predicted octanol–water partition coefficient (Wildman–Crippen LogP) is 3.78. The highest BCUT2D eigenvalue weighted by Gasteiger charge is 2.25. The summed E-state index contributed by atoms with van der Waals surface area (Å²) in [6, 6.07) is 10.3. The molecule has 0 saturated heterocycles. The first kappa shape index (κ1) is 23.4. The lowest BCUT2D eigenvalue weighted by atomic mass is 9.88. The van der Waals surface area contributed by atoms with Crippen LogP contribution in [0.3, 0.4) is 0 Å². The molecule has 27 heavy (non-hydrogen) atoms. The van der Waals surface area contributed by atoms with Crippen LogP contribution in [0.25, 0.3) is 0 Å². The van der Waals surface area contributed by atoms with Gasteiger partial charge < -0.3 is 24.6 Å². The number of nitrogens with zero attached hydrogens (tertiary/aromatic N) is 1. The number of aliphatic hydroxyl groups is 1. The van der Waals surface area contributed by atoms with E-state index in [1.807, 2.05) is 30.3 Å². The van der Waals surface area contributed by atoms with Gasteiger partial charge in [-0.05, 0) is 50.3 Å². The van der Waals surface area contributed by atoms with E-state index in [-0.39, 0.29) is 25.2 Å². The first-order valence-electron chi connectivity index (χ1n) is 9.94. The Kier molecular flexibility index (Phi) is 12.5. The SMILES string of the molecule is CCN(CC)C(CCOC(=O)O)C(CCO)CCCOCc1ccccc1. The molecular formula is C21H35NO5. The number of carboxylic acid groups (broad SMARTS) is 1. The molecule has 0 radical (unpaired) electrons. The Morgan fingerprint density at radius 1 is 1.07 bits per heavy atom. The second kappa shape index (κ2) is 14.4. The van der Waals surface area contributed by atoms with Crippen molar-refractivity contribution in [3.63, 3.8) is 0 Å². The molecule has 1 aromatic rings. The van der Waals surface area contributed by atoms with Gasteiger partial charge in [-0.3, -0.25) is 0 Å². The summed E-state index contributed by atoms with van der Waals surface area (Å²) in [5.41, 5.74) is 1.16. The van der Waals surface area contributed by atoms with Gasteiger partial charge in [0.15, 0.2) is 0 Å². The van der Waals surface area contributed by atoms with Gasteiger partial charge in [-0.2, -0.15) is 0 Å². The van der Waals surface area contributed by atoms with Crippen LogP contribution >= 0.6 is 0 Å². The molecule has 0 aromatic heterocycles. The summed E-state index contributed by atoms with van der Waals surface area (Å²) in [4.78, 5) is 13.0. The van der Waals surface area contributed by atoms with Crippen LogP contribution in [0.1, 0.15) is 45.1 Å². The Morgan fingerprint density at radius 2 is 1.78 bits per heavy atom. The van der Waals surface area contributed by atoms with E-state index in [4.69, 9.17) is 14.6 Å². The third-order valence-electron chi connectivity index (χ3n) is 4.94. The summed E-state index contributed by atoms with van der Waals surface area (Å²) in [5.74, 6) is 0.285. The minimum absolute atomic E-state index is 0.132. The molecule has 6 heteroatoms. The largest absolute Gasteiger partial charge is 0.505 e. The zero-order valence-corrected chi connectivity index (χ0v) is 16.7. The van der Waals surface area contributed by atoms with E-state index in [9.17, 15) is 9.90 Å². The Morgan fingerprint density at radius 3 is 2.37 bits per heavy atom. The van der Waals surface area contributed by atoms with Crippen molar-refractivity contribution in [3.8, 4) is 0 Å². The minimum atomic E-state index is -1.23. The van der Waals surface area contributed by atoms with Crippen molar-refractivity contribution in [2.75, 3.05) is 32.9 Å². The van der Waals surface area contributed by atoms with Gasteiger partial charge in [0.25, 0.3) is 0 Å². The van der Waals surface area contributed by atoms with Crippen LogP contribution in [0, 0.1) is 5.92 Å². The lowest BCUT2D eigenvalue weighted by molar-refractivity contribution is 0.0584. The van der Waals surface area contributed by atoms with Crippen molar-refractivity contribution in [2.24, 2.45) is 5.92 Å². The van der Waals surface area contributed by atoms with E-state index in [0.29, 0.717) is 26.1 Å². The fourth-order valence-electron chi connectivity index (χ4n) is 3.58. The summed E-state index contributed by atoms with van der Waals surface area (Å²) >= 11 is 0. The van der Waals surface area contributed by atoms with Crippen molar-refractivity contribution in [3.05, 3.63) is 35.9 Å². The third-order valence-corrected chi connectivity index (χ3v) is 4.94. The molecule has 6 nitrogen and oxygen atoms in total. The Labute approximate surface area is 163 Å². The van der Waals surface area contributed by atoms with Gasteiger partial charge in [-0.1, -0.05) is 44.2 Å². The molecule has 0 heterocycles. The zero-order valence-electron chi connectivity index (χ0n) is 16.7. The maximum Gasteiger partial charge on any atom is 0.505 e. The third kappa shape index (κ3) is 9.75. The summed E-state index contributed by atoms with van der Waals surface area (Å²) in [7, 11) is 0. The minimum Gasteiger partial charge on any atom is -0.450 e. The molecule has 0 spiro atoms. The zero-order chi connectivity index (χ0) is 19.9. The monoisotopic (exact) mass is 381 g/mol. The molecule has 2 atom stereocenters. The van der Waals surface area contributed by atoms with Crippen molar-refractivity contribution in [1.29, 1.82) is 0 Å². The lowest BCUT2D eigenvalue weighted by Gasteiger charge is -2.36. The molecule has 0 amide bonds. The first-order valence-corrected chi connectivity index (χ1v) is 9.94. The van der Waals surface area contributed by atoms with E-state index < -0.39 is 6.16 Å². The molecule has 0 aliphatic heterocycles. The average Bonchev–Trinajstić information content (AvgIpc) is 2.67. The second-order valence-corrected chi connectivity index (χ2v) is 6.64. The fraction of sp³-hybridized carbons (Fsp3) is 0.667. The van der Waals surface area contributed by atoms with Crippen LogP contribution < -0.4 is 0 Å². The fourth-order valence-corrected chi connectivity index (χ4v) is 3.58.